The lowest BCUT2D eigenvalue weighted by molar-refractivity contribution is 0.562. The van der Waals surface area contributed by atoms with Crippen LogP contribution in [0.2, 0.25) is 0 Å². The number of aliphatic imine (C=N–C) groups is 1. The maximum atomic E-state index is 4.79. The fourth-order valence-corrected chi connectivity index (χ4v) is 4.35. The molecule has 3 rings (SSSR count). The van der Waals surface area contributed by atoms with Crippen molar-refractivity contribution >= 4 is 47.1 Å². The highest BCUT2D eigenvalue weighted by molar-refractivity contribution is 14.0. The van der Waals surface area contributed by atoms with Crippen molar-refractivity contribution in [2.45, 2.75) is 46.1 Å². The molecule has 0 spiro atoms. The highest BCUT2D eigenvalue weighted by Gasteiger charge is 2.12. The third kappa shape index (κ3) is 8.12. The summed E-state index contributed by atoms with van der Waals surface area (Å²) in [6, 6.07) is 8.60. The van der Waals surface area contributed by atoms with Crippen LogP contribution in [-0.2, 0) is 13.0 Å². The summed E-state index contributed by atoms with van der Waals surface area (Å²) in [7, 11) is 0. The smallest absolute Gasteiger partial charge is 0.191 e. The number of hydrogen-bond acceptors (Lipinski definition) is 4. The zero-order valence-corrected chi connectivity index (χ0v) is 20.7. The first kappa shape index (κ1) is 23.9. The summed E-state index contributed by atoms with van der Waals surface area (Å²) in [5, 5.41) is 9.01. The third-order valence-electron chi connectivity index (χ3n) is 5.00. The van der Waals surface area contributed by atoms with Crippen molar-refractivity contribution in [2.75, 3.05) is 31.1 Å². The molecule has 0 saturated carbocycles. The van der Waals surface area contributed by atoms with E-state index in [0.717, 1.165) is 44.4 Å². The molecule has 0 aromatic carbocycles. The van der Waals surface area contributed by atoms with Crippen molar-refractivity contribution in [1.29, 1.82) is 0 Å². The van der Waals surface area contributed by atoms with Crippen molar-refractivity contribution in [2.24, 2.45) is 10.9 Å². The molecule has 160 valence electrons. The number of nitrogens with zero attached hydrogens (tertiary/aromatic N) is 3. The van der Waals surface area contributed by atoms with E-state index in [1.807, 2.05) is 17.5 Å². The standard InChI is InChI=1S/C22H33N5S.HI/c1-3-23-22(25-16-18(2)14-20-8-7-13-28-20)26-17-19-9-10-24-21(15-19)27-11-5-4-6-12-27;/h7-10,13,15,18H,3-6,11-12,14,16-17H2,1-2H3,(H2,23,25,26);1H. The predicted octanol–water partition coefficient (Wildman–Crippen LogP) is 4.69. The second-order valence-electron chi connectivity index (χ2n) is 7.53. The van der Waals surface area contributed by atoms with E-state index in [-0.39, 0.29) is 24.0 Å². The van der Waals surface area contributed by atoms with Crippen LogP contribution in [0.4, 0.5) is 5.82 Å². The summed E-state index contributed by atoms with van der Waals surface area (Å²) in [6.07, 6.45) is 6.89. The van der Waals surface area contributed by atoms with Gasteiger partial charge in [-0.3, -0.25) is 0 Å². The minimum atomic E-state index is 0. The normalized spacial score (nSPS) is 15.5. The Hall–Kier alpha value is -1.35. The van der Waals surface area contributed by atoms with Crippen LogP contribution in [0.15, 0.2) is 40.8 Å². The first-order valence-electron chi connectivity index (χ1n) is 10.5. The molecule has 7 heteroatoms. The summed E-state index contributed by atoms with van der Waals surface area (Å²) >= 11 is 1.83. The van der Waals surface area contributed by atoms with Gasteiger partial charge in [-0.15, -0.1) is 35.3 Å². The van der Waals surface area contributed by atoms with E-state index < -0.39 is 0 Å². The van der Waals surface area contributed by atoms with Crippen molar-refractivity contribution in [3.63, 3.8) is 0 Å². The van der Waals surface area contributed by atoms with Gasteiger partial charge in [0, 0.05) is 37.3 Å². The maximum absolute atomic E-state index is 4.79. The number of hydrogen-bond donors (Lipinski definition) is 2. The highest BCUT2D eigenvalue weighted by atomic mass is 127. The fraction of sp³-hybridized carbons (Fsp3) is 0.545. The summed E-state index contributed by atoms with van der Waals surface area (Å²) < 4.78 is 0. The minimum absolute atomic E-state index is 0. The van der Waals surface area contributed by atoms with Crippen LogP contribution >= 0.6 is 35.3 Å². The lowest BCUT2D eigenvalue weighted by Crippen LogP contribution is -2.39. The molecule has 0 amide bonds. The molecule has 2 aromatic rings. The van der Waals surface area contributed by atoms with Gasteiger partial charge >= 0.3 is 0 Å². The van der Waals surface area contributed by atoms with Gasteiger partial charge in [0.2, 0.25) is 0 Å². The number of aromatic nitrogens is 1. The zero-order chi connectivity index (χ0) is 19.6. The molecule has 1 unspecified atom stereocenters. The Morgan fingerprint density at radius 1 is 1.24 bits per heavy atom. The molecule has 1 fully saturated rings. The topological polar surface area (TPSA) is 52.6 Å². The minimum Gasteiger partial charge on any atom is -0.357 e. The maximum Gasteiger partial charge on any atom is 0.191 e. The van der Waals surface area contributed by atoms with Gasteiger partial charge < -0.3 is 15.5 Å². The van der Waals surface area contributed by atoms with E-state index in [1.54, 1.807) is 0 Å². The number of pyridine rings is 1. The number of halogens is 1. The van der Waals surface area contributed by atoms with Gasteiger partial charge in [-0.2, -0.15) is 0 Å². The summed E-state index contributed by atoms with van der Waals surface area (Å²) in [5.74, 6) is 2.54. The monoisotopic (exact) mass is 527 g/mol. The van der Waals surface area contributed by atoms with E-state index in [0.29, 0.717) is 12.5 Å². The average molecular weight is 528 g/mol. The number of rotatable bonds is 8. The number of piperidine rings is 1. The van der Waals surface area contributed by atoms with E-state index in [2.05, 4.69) is 64.0 Å². The first-order chi connectivity index (χ1) is 13.7. The van der Waals surface area contributed by atoms with Crippen molar-refractivity contribution in [3.8, 4) is 0 Å². The molecule has 3 heterocycles. The Labute approximate surface area is 196 Å². The summed E-state index contributed by atoms with van der Waals surface area (Å²) in [6.45, 7) is 9.06. The molecule has 2 aromatic heterocycles. The van der Waals surface area contributed by atoms with Gasteiger partial charge in [0.05, 0.1) is 6.54 Å². The van der Waals surface area contributed by atoms with E-state index in [1.165, 1.54) is 29.7 Å². The lowest BCUT2D eigenvalue weighted by Gasteiger charge is -2.27. The number of guanidine groups is 1. The van der Waals surface area contributed by atoms with Gasteiger partial charge in [-0.25, -0.2) is 9.98 Å². The predicted molar refractivity (Wildman–Crippen MR) is 136 cm³/mol. The first-order valence-corrected chi connectivity index (χ1v) is 11.4. The van der Waals surface area contributed by atoms with Gasteiger partial charge in [0.1, 0.15) is 5.82 Å². The summed E-state index contributed by atoms with van der Waals surface area (Å²) in [4.78, 5) is 13.2. The molecule has 29 heavy (non-hydrogen) atoms. The van der Waals surface area contributed by atoms with Crippen LogP contribution < -0.4 is 15.5 Å². The molecule has 0 aliphatic carbocycles. The van der Waals surface area contributed by atoms with Crippen LogP contribution in [0.3, 0.4) is 0 Å². The Bertz CT molecular complexity index is 729. The van der Waals surface area contributed by atoms with E-state index in [9.17, 15) is 0 Å². The molecule has 1 saturated heterocycles. The number of nitrogens with one attached hydrogen (secondary N) is 2. The van der Waals surface area contributed by atoms with Gasteiger partial charge in [0.25, 0.3) is 0 Å². The van der Waals surface area contributed by atoms with Crippen molar-refractivity contribution < 1.29 is 0 Å². The van der Waals surface area contributed by atoms with Crippen molar-refractivity contribution in [1.82, 2.24) is 15.6 Å². The second-order valence-corrected chi connectivity index (χ2v) is 8.57. The van der Waals surface area contributed by atoms with Gasteiger partial charge in [0.15, 0.2) is 5.96 Å². The average Bonchev–Trinajstić information content (AvgIpc) is 3.24. The van der Waals surface area contributed by atoms with Crippen LogP contribution in [-0.4, -0.2) is 37.1 Å². The van der Waals surface area contributed by atoms with Crippen molar-refractivity contribution in [3.05, 3.63) is 46.3 Å². The third-order valence-corrected chi connectivity index (χ3v) is 5.90. The molecular weight excluding hydrogens is 493 g/mol. The van der Waals surface area contributed by atoms with Crippen LogP contribution in [0, 0.1) is 5.92 Å². The van der Waals surface area contributed by atoms with Crippen LogP contribution in [0.1, 0.15) is 43.6 Å². The molecule has 1 aliphatic rings. The molecular formula is C22H34IN5S. The fourth-order valence-electron chi connectivity index (χ4n) is 3.48. The SMILES string of the molecule is CCNC(=NCc1ccnc(N2CCCCC2)c1)NCC(C)Cc1cccs1.I. The lowest BCUT2D eigenvalue weighted by atomic mass is 10.1. The number of thiophene rings is 1. The highest BCUT2D eigenvalue weighted by Crippen LogP contribution is 2.18. The quantitative estimate of drug-likeness (QED) is 0.297. The van der Waals surface area contributed by atoms with Crippen LogP contribution in [0.25, 0.3) is 0 Å². The number of anilines is 1. The Balaban J connectivity index is 0.00000300. The molecule has 1 atom stereocenters. The Kier molecular flexibility index (Phi) is 10.8. The van der Waals surface area contributed by atoms with Gasteiger partial charge in [-0.05, 0) is 67.7 Å². The zero-order valence-electron chi connectivity index (χ0n) is 17.6. The second kappa shape index (κ2) is 13.1. The molecule has 2 N–H and O–H groups in total. The van der Waals surface area contributed by atoms with Crippen LogP contribution in [0.5, 0.6) is 0 Å². The van der Waals surface area contributed by atoms with E-state index in [4.69, 9.17) is 4.99 Å². The van der Waals surface area contributed by atoms with Gasteiger partial charge in [-0.1, -0.05) is 13.0 Å². The molecule has 1 aliphatic heterocycles. The Morgan fingerprint density at radius 3 is 2.79 bits per heavy atom. The van der Waals surface area contributed by atoms with E-state index >= 15 is 0 Å². The summed E-state index contributed by atoms with van der Waals surface area (Å²) in [5.41, 5.74) is 1.21. The molecule has 5 nitrogen and oxygen atoms in total. The Morgan fingerprint density at radius 2 is 2.07 bits per heavy atom. The molecule has 0 bridgehead atoms. The molecule has 0 radical (unpaired) electrons. The largest absolute Gasteiger partial charge is 0.357 e.